The molecule has 0 aliphatic carbocycles. The van der Waals surface area contributed by atoms with E-state index in [0.29, 0.717) is 24.5 Å². The molecular weight excluding hydrogens is 497 g/mol. The van der Waals surface area contributed by atoms with E-state index in [1.54, 1.807) is 21.8 Å². The van der Waals surface area contributed by atoms with Crippen molar-refractivity contribution in [2.24, 2.45) is 0 Å². The van der Waals surface area contributed by atoms with Gasteiger partial charge in [0.15, 0.2) is 11.4 Å². The van der Waals surface area contributed by atoms with Crippen LogP contribution in [-0.2, 0) is 6.61 Å². The molecule has 2 aliphatic heterocycles. The summed E-state index contributed by atoms with van der Waals surface area (Å²) >= 11 is 0. The van der Waals surface area contributed by atoms with Crippen LogP contribution in [0.2, 0.25) is 0 Å². The van der Waals surface area contributed by atoms with Crippen LogP contribution >= 0.6 is 0 Å². The highest BCUT2D eigenvalue weighted by Gasteiger charge is 2.37. The van der Waals surface area contributed by atoms with Crippen molar-refractivity contribution in [2.45, 2.75) is 12.6 Å². The fourth-order valence-corrected chi connectivity index (χ4v) is 5.03. The zero-order chi connectivity index (χ0) is 26.8. The van der Waals surface area contributed by atoms with E-state index in [2.05, 4.69) is 0 Å². The summed E-state index contributed by atoms with van der Waals surface area (Å²) in [6.07, 6.45) is 5.30. The van der Waals surface area contributed by atoms with Gasteiger partial charge < -0.3 is 14.4 Å². The molecule has 1 aromatic heterocycles. The Balaban J connectivity index is 1.55. The number of nitrogens with zero attached hydrogens (tertiary/aromatic N) is 3. The van der Waals surface area contributed by atoms with Crippen LogP contribution in [-0.4, -0.2) is 35.3 Å². The highest BCUT2D eigenvalue weighted by Crippen LogP contribution is 2.37. The number of fused-ring (bicyclic) bond motifs is 5. The molecule has 2 aliphatic rings. The number of para-hydroxylation sites is 1. The average Bonchev–Trinajstić information content (AvgIpc) is 2.98. The number of aromatic nitrogens is 1. The lowest BCUT2D eigenvalue weighted by Gasteiger charge is -2.44. The highest BCUT2D eigenvalue weighted by atomic mass is 19.1. The van der Waals surface area contributed by atoms with Crippen molar-refractivity contribution in [1.29, 1.82) is 0 Å². The molecule has 0 unspecified atom stereocenters. The number of benzene rings is 3. The van der Waals surface area contributed by atoms with Gasteiger partial charge in [0.2, 0.25) is 5.43 Å². The van der Waals surface area contributed by atoms with Crippen LogP contribution in [0.15, 0.2) is 108 Å². The Morgan fingerprint density at radius 2 is 1.74 bits per heavy atom. The third-order valence-corrected chi connectivity index (χ3v) is 6.85. The minimum atomic E-state index is -0.547. The Morgan fingerprint density at radius 3 is 2.59 bits per heavy atom. The first-order valence-electron chi connectivity index (χ1n) is 12.7. The summed E-state index contributed by atoms with van der Waals surface area (Å²) in [6, 6.07) is 24.3. The minimum absolute atomic E-state index is 0.0255. The molecule has 4 aromatic rings. The molecule has 0 saturated carbocycles. The van der Waals surface area contributed by atoms with Gasteiger partial charge in [0, 0.05) is 24.4 Å². The molecule has 0 radical (unpaired) electrons. The van der Waals surface area contributed by atoms with Crippen LogP contribution < -0.4 is 19.9 Å². The molecule has 0 N–H and O–H groups in total. The number of rotatable bonds is 4. The van der Waals surface area contributed by atoms with Gasteiger partial charge in [0.1, 0.15) is 37.5 Å². The van der Waals surface area contributed by atoms with E-state index in [9.17, 15) is 14.0 Å². The molecule has 0 spiro atoms. The molecule has 8 heteroatoms. The zero-order valence-corrected chi connectivity index (χ0v) is 21.1. The Bertz CT molecular complexity index is 1600. The Labute approximate surface area is 224 Å². The number of carbonyl (C=O) groups is 1. The summed E-state index contributed by atoms with van der Waals surface area (Å²) < 4.78 is 28.3. The molecule has 7 nitrogen and oxygen atoms in total. The maximum Gasteiger partial charge on any atom is 0.278 e. The van der Waals surface area contributed by atoms with Gasteiger partial charge in [-0.05, 0) is 35.4 Å². The summed E-state index contributed by atoms with van der Waals surface area (Å²) in [4.78, 5) is 28.6. The smallest absolute Gasteiger partial charge is 0.278 e. The number of carbonyl (C=O) groups excluding carboxylic acids is 1. The molecular formula is C31H26FN3O4. The first-order chi connectivity index (χ1) is 19.1. The molecule has 6 rings (SSSR count). The Morgan fingerprint density at radius 1 is 0.923 bits per heavy atom. The normalized spacial score (nSPS) is 17.4. The van der Waals surface area contributed by atoms with Gasteiger partial charge >= 0.3 is 0 Å². The van der Waals surface area contributed by atoms with Crippen molar-refractivity contribution >= 4 is 5.91 Å². The fourth-order valence-electron chi connectivity index (χ4n) is 5.03. The number of pyridine rings is 1. The largest absolute Gasteiger partial charge is 0.489 e. The third-order valence-electron chi connectivity index (χ3n) is 6.85. The highest BCUT2D eigenvalue weighted by molar-refractivity contribution is 5.96. The fraction of sp³-hybridized carbons (Fsp3) is 0.161. The van der Waals surface area contributed by atoms with Gasteiger partial charge in [-0.15, -0.1) is 0 Å². The molecule has 0 saturated heterocycles. The van der Waals surface area contributed by atoms with E-state index < -0.39 is 11.5 Å². The number of hydrogen-bond acceptors (Lipinski definition) is 5. The first-order valence-corrected chi connectivity index (χ1v) is 12.7. The van der Waals surface area contributed by atoms with Crippen LogP contribution in [0.1, 0.15) is 33.2 Å². The van der Waals surface area contributed by atoms with Gasteiger partial charge in [0.05, 0.1) is 0 Å². The van der Waals surface area contributed by atoms with Gasteiger partial charge in [-0.2, -0.15) is 0 Å². The van der Waals surface area contributed by atoms with Gasteiger partial charge in [0.25, 0.3) is 5.91 Å². The lowest BCUT2D eigenvalue weighted by Crippen LogP contribution is -2.55. The number of ether oxygens (including phenoxy) is 2. The van der Waals surface area contributed by atoms with E-state index >= 15 is 0 Å². The SMILES string of the molecule is O=C1c2c(OCc3ccccc3)c(=O)ccn2N2CN1C/C=C\COc1ccccc1[C@H]2c1cccc(F)c1. The van der Waals surface area contributed by atoms with Crippen LogP contribution in [0.5, 0.6) is 11.5 Å². The molecule has 1 amide bonds. The standard InChI is InChI=1S/C31H26FN3O4/c32-24-12-8-11-23(19-24)28-25-13-4-5-14-27(25)38-18-7-6-16-33-21-35(28)34-17-15-26(36)30(29(34)31(33)37)39-20-22-9-2-1-3-10-22/h1-15,17,19,28H,16,18,20-21H2/b7-6-/t28-/m1/s1. The molecule has 1 atom stereocenters. The lowest BCUT2D eigenvalue weighted by molar-refractivity contribution is 0.0698. The van der Waals surface area contributed by atoms with Gasteiger partial charge in [-0.1, -0.05) is 66.7 Å². The summed E-state index contributed by atoms with van der Waals surface area (Å²) in [5, 5.41) is 1.93. The minimum Gasteiger partial charge on any atom is -0.489 e. The molecule has 3 heterocycles. The summed E-state index contributed by atoms with van der Waals surface area (Å²) in [7, 11) is 0. The zero-order valence-electron chi connectivity index (χ0n) is 21.1. The Hall–Kier alpha value is -4.85. The van der Waals surface area contributed by atoms with Crippen molar-refractivity contribution < 1.29 is 18.7 Å². The Kier molecular flexibility index (Phi) is 6.59. The van der Waals surface area contributed by atoms with E-state index in [4.69, 9.17) is 9.47 Å². The van der Waals surface area contributed by atoms with Crippen molar-refractivity contribution in [2.75, 3.05) is 24.8 Å². The van der Waals surface area contributed by atoms with E-state index in [0.717, 1.165) is 11.1 Å². The molecule has 3 aromatic carbocycles. The van der Waals surface area contributed by atoms with Crippen molar-refractivity contribution in [3.05, 3.63) is 142 Å². The number of halogens is 1. The van der Waals surface area contributed by atoms with Crippen LogP contribution in [0, 0.1) is 5.82 Å². The molecule has 2 bridgehead atoms. The maximum absolute atomic E-state index is 14.6. The van der Waals surface area contributed by atoms with Gasteiger partial charge in [-0.3, -0.25) is 19.3 Å². The number of amides is 1. The van der Waals surface area contributed by atoms with E-state index in [-0.39, 0.29) is 36.4 Å². The second-order valence-corrected chi connectivity index (χ2v) is 9.36. The van der Waals surface area contributed by atoms with Gasteiger partial charge in [-0.25, -0.2) is 4.39 Å². The first kappa shape index (κ1) is 24.5. The third kappa shape index (κ3) is 4.77. The van der Waals surface area contributed by atoms with Crippen molar-refractivity contribution in [3.63, 3.8) is 0 Å². The quantitative estimate of drug-likeness (QED) is 0.364. The maximum atomic E-state index is 14.6. The van der Waals surface area contributed by atoms with Crippen LogP contribution in [0.25, 0.3) is 0 Å². The second kappa shape index (κ2) is 10.5. The molecule has 0 fully saturated rings. The lowest BCUT2D eigenvalue weighted by atomic mass is 9.96. The van der Waals surface area contributed by atoms with Crippen molar-refractivity contribution in [1.82, 2.24) is 9.58 Å². The van der Waals surface area contributed by atoms with E-state index in [1.165, 1.54) is 18.2 Å². The monoisotopic (exact) mass is 523 g/mol. The predicted octanol–water partition coefficient (Wildman–Crippen LogP) is 4.66. The van der Waals surface area contributed by atoms with Crippen LogP contribution in [0.3, 0.4) is 0 Å². The topological polar surface area (TPSA) is 64.0 Å². The van der Waals surface area contributed by atoms with Crippen molar-refractivity contribution in [3.8, 4) is 11.5 Å². The van der Waals surface area contributed by atoms with E-state index in [1.807, 2.05) is 77.8 Å². The predicted molar refractivity (Wildman–Crippen MR) is 145 cm³/mol. The van der Waals surface area contributed by atoms with Crippen LogP contribution in [0.4, 0.5) is 4.39 Å². The molecule has 39 heavy (non-hydrogen) atoms. The average molecular weight is 524 g/mol. The second-order valence-electron chi connectivity index (χ2n) is 9.36. The molecule has 196 valence electrons. The summed E-state index contributed by atoms with van der Waals surface area (Å²) in [6.45, 7) is 0.925. The number of hydrogen-bond donors (Lipinski definition) is 0. The summed E-state index contributed by atoms with van der Waals surface area (Å²) in [5.41, 5.74) is 2.07. The summed E-state index contributed by atoms with van der Waals surface area (Å²) in [5.74, 6) is -0.0886.